The number of rotatable bonds is 0. The van der Waals surface area contributed by atoms with Crippen LogP contribution in [0.3, 0.4) is 0 Å². The van der Waals surface area contributed by atoms with Crippen LogP contribution in [0.15, 0.2) is 48.5 Å². The molecule has 4 rings (SSSR count). The Kier molecular flexibility index (Phi) is 1.66. The number of hydrogen-bond donors (Lipinski definition) is 0. The van der Waals surface area contributed by atoms with Gasteiger partial charge in [0.1, 0.15) is 0 Å². The largest absolute Gasteiger partial charge is 0.293 e. The Hall–Kier alpha value is -1.89. The van der Waals surface area contributed by atoms with E-state index in [1.54, 1.807) is 0 Å². The van der Waals surface area contributed by atoms with Crippen LogP contribution < -0.4 is 0 Å². The second-order valence-corrected chi connectivity index (χ2v) is 4.92. The van der Waals surface area contributed by atoms with E-state index in [1.165, 1.54) is 16.7 Å². The summed E-state index contributed by atoms with van der Waals surface area (Å²) in [5.74, 6) is 0.845. The van der Waals surface area contributed by atoms with Crippen LogP contribution in [0, 0.1) is 0 Å². The van der Waals surface area contributed by atoms with Crippen LogP contribution in [0.5, 0.6) is 0 Å². The molecule has 0 heterocycles. The molecule has 0 amide bonds. The topological polar surface area (TPSA) is 17.1 Å². The lowest BCUT2D eigenvalue weighted by molar-refractivity contribution is 0.0950. The summed E-state index contributed by atoms with van der Waals surface area (Å²) in [6, 6.07) is 16.5. The molecule has 1 nitrogen and oxygen atoms in total. The van der Waals surface area contributed by atoms with E-state index in [0.717, 1.165) is 12.0 Å². The van der Waals surface area contributed by atoms with Gasteiger partial charge in [0.25, 0.3) is 0 Å². The van der Waals surface area contributed by atoms with Gasteiger partial charge in [-0.05, 0) is 23.1 Å². The molecule has 0 radical (unpaired) electrons. The summed E-state index contributed by atoms with van der Waals surface area (Å²) >= 11 is 0. The molecule has 0 N–H and O–H groups in total. The second-order valence-electron chi connectivity index (χ2n) is 4.92. The van der Waals surface area contributed by atoms with E-state index >= 15 is 0 Å². The molecule has 0 saturated heterocycles. The van der Waals surface area contributed by atoms with Crippen LogP contribution in [0.4, 0.5) is 0 Å². The maximum absolute atomic E-state index is 12.4. The summed E-state index contributed by atoms with van der Waals surface area (Å²) in [6.07, 6.45) is 0.967. The molecule has 0 unspecified atom stereocenters. The zero-order valence-corrected chi connectivity index (χ0v) is 9.39. The van der Waals surface area contributed by atoms with Gasteiger partial charge in [0.05, 0.1) is 0 Å². The van der Waals surface area contributed by atoms with E-state index in [0.29, 0.717) is 11.7 Å². The molecule has 2 atom stereocenters. The normalized spacial score (nSPS) is 24.4. The fourth-order valence-corrected chi connectivity index (χ4v) is 3.39. The van der Waals surface area contributed by atoms with Crippen molar-refractivity contribution in [3.63, 3.8) is 0 Å². The number of hydrogen-bond acceptors (Lipinski definition) is 1. The number of carbonyl (C=O) groups excluding carboxylic acids is 1. The average molecular weight is 220 g/mol. The Morgan fingerprint density at radius 3 is 2.12 bits per heavy atom. The Morgan fingerprint density at radius 2 is 1.35 bits per heavy atom. The third-order valence-electron chi connectivity index (χ3n) is 4.14. The highest BCUT2D eigenvalue weighted by atomic mass is 16.1. The van der Waals surface area contributed by atoms with Gasteiger partial charge in [0, 0.05) is 17.4 Å². The maximum atomic E-state index is 12.4. The maximum Gasteiger partial charge on any atom is 0.170 e. The predicted octanol–water partition coefficient (Wildman–Crippen LogP) is 3.50. The van der Waals surface area contributed by atoms with E-state index in [9.17, 15) is 4.79 Å². The average Bonchev–Trinajstić information content (AvgIpc) is 2.73. The molecule has 0 saturated carbocycles. The molecule has 0 aliphatic heterocycles. The Bertz CT molecular complexity index is 627. The monoisotopic (exact) mass is 220 g/mol. The minimum Gasteiger partial charge on any atom is -0.293 e. The molecule has 82 valence electrons. The summed E-state index contributed by atoms with van der Waals surface area (Å²) in [6.45, 7) is 0. The number of fused-ring (bicyclic) bond motifs is 7. The standard InChI is InChI=1S/C16H12O/c17-16-13-8-4-3-7-12(13)14-9-15(16)11-6-2-1-5-10(11)14/h1-8,14-15H,9H2/t14-,15-/m1/s1. The Morgan fingerprint density at radius 1 is 0.765 bits per heavy atom. The van der Waals surface area contributed by atoms with Crippen molar-refractivity contribution in [3.8, 4) is 0 Å². The first kappa shape index (κ1) is 9.17. The van der Waals surface area contributed by atoms with Gasteiger partial charge in [0.15, 0.2) is 5.78 Å². The minimum atomic E-state index is 0.103. The Labute approximate surface area is 100 Å². The molecule has 2 aliphatic carbocycles. The van der Waals surface area contributed by atoms with Crippen LogP contribution in [0.1, 0.15) is 45.3 Å². The van der Waals surface area contributed by atoms with Gasteiger partial charge in [-0.15, -0.1) is 0 Å². The number of benzene rings is 2. The van der Waals surface area contributed by atoms with Gasteiger partial charge in [-0.2, -0.15) is 0 Å². The van der Waals surface area contributed by atoms with Crippen LogP contribution >= 0.6 is 0 Å². The van der Waals surface area contributed by atoms with E-state index in [4.69, 9.17) is 0 Å². The first-order valence-electron chi connectivity index (χ1n) is 6.08. The van der Waals surface area contributed by atoms with Crippen molar-refractivity contribution in [1.29, 1.82) is 0 Å². The molecular weight excluding hydrogens is 208 g/mol. The quantitative estimate of drug-likeness (QED) is 0.664. The molecule has 0 aromatic heterocycles. The van der Waals surface area contributed by atoms with Crippen molar-refractivity contribution in [3.05, 3.63) is 70.8 Å². The fourth-order valence-electron chi connectivity index (χ4n) is 3.39. The van der Waals surface area contributed by atoms with E-state index < -0.39 is 0 Å². The fraction of sp³-hybridized carbons (Fsp3) is 0.188. The number of carbonyl (C=O) groups is 1. The smallest absolute Gasteiger partial charge is 0.170 e. The summed E-state index contributed by atoms with van der Waals surface area (Å²) in [5, 5.41) is 0. The molecular formula is C16H12O. The molecule has 0 spiro atoms. The number of Topliss-reactive ketones (excluding diaryl/α,β-unsaturated/α-hetero) is 1. The van der Waals surface area contributed by atoms with Crippen molar-refractivity contribution in [2.75, 3.05) is 0 Å². The highest BCUT2D eigenvalue weighted by molar-refractivity contribution is 6.05. The molecule has 2 aromatic rings. The van der Waals surface area contributed by atoms with Crippen LogP contribution in [0.25, 0.3) is 0 Å². The molecule has 2 aromatic carbocycles. The SMILES string of the molecule is O=C1c2ccccc2[C@@H]2C[C@@H]1c1ccccc12. The molecule has 0 fully saturated rings. The second kappa shape index (κ2) is 3.07. The first-order valence-corrected chi connectivity index (χ1v) is 6.08. The third kappa shape index (κ3) is 1.06. The van der Waals surface area contributed by atoms with Crippen molar-refractivity contribution in [2.24, 2.45) is 0 Å². The van der Waals surface area contributed by atoms with Gasteiger partial charge in [-0.3, -0.25) is 4.79 Å². The third-order valence-corrected chi connectivity index (χ3v) is 4.14. The van der Waals surface area contributed by atoms with Gasteiger partial charge < -0.3 is 0 Å². The lowest BCUT2D eigenvalue weighted by Crippen LogP contribution is -2.17. The summed E-state index contributed by atoms with van der Waals surface area (Å²) in [5.41, 5.74) is 4.76. The molecule has 17 heavy (non-hydrogen) atoms. The van der Waals surface area contributed by atoms with Crippen LogP contribution in [-0.4, -0.2) is 5.78 Å². The van der Waals surface area contributed by atoms with Gasteiger partial charge in [-0.1, -0.05) is 48.5 Å². The van der Waals surface area contributed by atoms with Crippen molar-refractivity contribution >= 4 is 5.78 Å². The Balaban J connectivity index is 2.04. The molecule has 1 heteroatoms. The zero-order chi connectivity index (χ0) is 11.4. The molecule has 2 bridgehead atoms. The van der Waals surface area contributed by atoms with Gasteiger partial charge in [0.2, 0.25) is 0 Å². The highest BCUT2D eigenvalue weighted by Crippen LogP contribution is 2.51. The summed E-state index contributed by atoms with van der Waals surface area (Å²) in [4.78, 5) is 12.4. The lowest BCUT2D eigenvalue weighted by atomic mass is 9.80. The predicted molar refractivity (Wildman–Crippen MR) is 66.4 cm³/mol. The van der Waals surface area contributed by atoms with E-state index in [2.05, 4.69) is 24.3 Å². The van der Waals surface area contributed by atoms with E-state index in [1.807, 2.05) is 24.3 Å². The summed E-state index contributed by atoms with van der Waals surface area (Å²) < 4.78 is 0. The summed E-state index contributed by atoms with van der Waals surface area (Å²) in [7, 11) is 0. The van der Waals surface area contributed by atoms with Gasteiger partial charge >= 0.3 is 0 Å². The lowest BCUT2D eigenvalue weighted by Gasteiger charge is -2.21. The highest BCUT2D eigenvalue weighted by Gasteiger charge is 2.42. The van der Waals surface area contributed by atoms with Crippen molar-refractivity contribution in [2.45, 2.75) is 18.3 Å². The van der Waals surface area contributed by atoms with Crippen LogP contribution in [-0.2, 0) is 0 Å². The van der Waals surface area contributed by atoms with E-state index in [-0.39, 0.29) is 5.92 Å². The zero-order valence-electron chi connectivity index (χ0n) is 9.39. The van der Waals surface area contributed by atoms with Gasteiger partial charge in [-0.25, -0.2) is 0 Å². The number of ketones is 1. The minimum absolute atomic E-state index is 0.103. The first-order chi connectivity index (χ1) is 8.36. The van der Waals surface area contributed by atoms with Crippen LogP contribution in [0.2, 0.25) is 0 Å². The molecule has 2 aliphatic rings. The van der Waals surface area contributed by atoms with Crippen molar-refractivity contribution < 1.29 is 4.79 Å². The van der Waals surface area contributed by atoms with Crippen molar-refractivity contribution in [1.82, 2.24) is 0 Å².